The number of hydrogen-bond donors (Lipinski definition) is 1. The van der Waals surface area contributed by atoms with Gasteiger partial charge in [0, 0.05) is 37.0 Å². The van der Waals surface area contributed by atoms with Crippen molar-refractivity contribution in [3.63, 3.8) is 0 Å². The minimum absolute atomic E-state index is 0. The van der Waals surface area contributed by atoms with Crippen molar-refractivity contribution in [2.45, 2.75) is 81.3 Å². The van der Waals surface area contributed by atoms with Gasteiger partial charge in [0.2, 0.25) is 15.9 Å². The standard InChI is InChI=1S/C25H36F2N2O2S.ClH/c1-2-25(19-6-3-7-20(15-19)28-32(30,31)21-8-9-21)22-16-29(17-23(22)25)14-4-5-18-10-12-24(26,27)13-11-18;/h3,6-7,15,18,21-23,28H,2,4-5,8-14,16-17H2,1H3;1H/t22-,23+,25?;. The minimum Gasteiger partial charge on any atom is -0.303 e. The van der Waals surface area contributed by atoms with Crippen molar-refractivity contribution in [3.8, 4) is 0 Å². The number of likely N-dealkylation sites (tertiary alicyclic amines) is 1. The third-order valence-corrected chi connectivity index (χ3v) is 10.6. The SMILES string of the molecule is CCC1(c2cccc(NS(=O)(=O)C3CC3)c2)[C@@H]2CN(CCCC3CCC(F)(F)CC3)C[C@@H]21.Cl. The van der Waals surface area contributed by atoms with Gasteiger partial charge in [-0.25, -0.2) is 17.2 Å². The monoisotopic (exact) mass is 502 g/mol. The lowest BCUT2D eigenvalue weighted by Gasteiger charge is -2.29. The van der Waals surface area contributed by atoms with E-state index in [1.54, 1.807) is 0 Å². The van der Waals surface area contributed by atoms with E-state index >= 15 is 0 Å². The summed E-state index contributed by atoms with van der Waals surface area (Å²) in [5, 5.41) is -0.217. The quantitative estimate of drug-likeness (QED) is 0.462. The van der Waals surface area contributed by atoms with Crippen LogP contribution in [0.2, 0.25) is 0 Å². The van der Waals surface area contributed by atoms with Crippen LogP contribution in [0.5, 0.6) is 0 Å². The summed E-state index contributed by atoms with van der Waals surface area (Å²) >= 11 is 0. The Bertz CT molecular complexity index is 931. The topological polar surface area (TPSA) is 49.4 Å². The highest BCUT2D eigenvalue weighted by molar-refractivity contribution is 7.93. The summed E-state index contributed by atoms with van der Waals surface area (Å²) in [5.41, 5.74) is 2.14. The molecule has 3 saturated carbocycles. The van der Waals surface area contributed by atoms with E-state index in [2.05, 4.69) is 28.7 Å². The van der Waals surface area contributed by atoms with Crippen LogP contribution < -0.4 is 4.72 Å². The van der Waals surface area contributed by atoms with Gasteiger partial charge in [0.1, 0.15) is 0 Å². The van der Waals surface area contributed by atoms with Crippen LogP contribution in [0, 0.1) is 17.8 Å². The van der Waals surface area contributed by atoms with Gasteiger partial charge in [-0.2, -0.15) is 0 Å². The molecule has 1 aromatic carbocycles. The maximum atomic E-state index is 13.3. The number of benzene rings is 1. The highest BCUT2D eigenvalue weighted by Gasteiger charge is 2.67. The van der Waals surface area contributed by atoms with E-state index in [9.17, 15) is 17.2 Å². The first kappa shape index (κ1) is 25.2. The largest absolute Gasteiger partial charge is 0.303 e. The molecule has 0 spiro atoms. The zero-order valence-corrected chi connectivity index (χ0v) is 21.1. The van der Waals surface area contributed by atoms with Gasteiger partial charge in [-0.1, -0.05) is 19.1 Å². The molecule has 0 aromatic heterocycles. The van der Waals surface area contributed by atoms with Gasteiger partial charge in [-0.05, 0) is 86.9 Å². The number of alkyl halides is 2. The van der Waals surface area contributed by atoms with Gasteiger partial charge < -0.3 is 4.90 Å². The summed E-state index contributed by atoms with van der Waals surface area (Å²) in [6.45, 7) is 5.52. The molecule has 1 aromatic rings. The second-order valence-corrected chi connectivity index (χ2v) is 12.7. The molecule has 4 nitrogen and oxygen atoms in total. The highest BCUT2D eigenvalue weighted by Crippen LogP contribution is 2.65. The predicted octanol–water partition coefficient (Wildman–Crippen LogP) is 5.83. The van der Waals surface area contributed by atoms with E-state index in [-0.39, 0.29) is 35.9 Å². The number of sulfonamides is 1. The minimum atomic E-state index is -3.24. The molecule has 8 heteroatoms. The fourth-order valence-electron chi connectivity index (χ4n) is 6.65. The van der Waals surface area contributed by atoms with Crippen LogP contribution in [0.4, 0.5) is 14.5 Å². The summed E-state index contributed by atoms with van der Waals surface area (Å²) in [6.07, 6.45) is 6.28. The second-order valence-electron chi connectivity index (χ2n) is 10.7. The highest BCUT2D eigenvalue weighted by atomic mass is 35.5. The van der Waals surface area contributed by atoms with Crippen molar-refractivity contribution < 1.29 is 17.2 Å². The third-order valence-electron chi connectivity index (χ3n) is 8.74. The maximum absolute atomic E-state index is 13.3. The summed E-state index contributed by atoms with van der Waals surface area (Å²) < 4.78 is 54.2. The predicted molar refractivity (Wildman–Crippen MR) is 131 cm³/mol. The molecule has 4 aliphatic rings. The lowest BCUT2D eigenvalue weighted by Crippen LogP contribution is -2.31. The number of nitrogens with one attached hydrogen (secondary N) is 1. The third kappa shape index (κ3) is 5.06. The molecular formula is C25H37ClF2N2O2S. The Morgan fingerprint density at radius 2 is 1.76 bits per heavy atom. The van der Waals surface area contributed by atoms with E-state index in [4.69, 9.17) is 0 Å². The van der Waals surface area contributed by atoms with Crippen LogP contribution in [-0.4, -0.2) is 44.1 Å². The number of halogens is 3. The molecule has 0 bridgehead atoms. The Kier molecular flexibility index (Phi) is 7.07. The second kappa shape index (κ2) is 9.27. The average Bonchev–Trinajstić information content (AvgIpc) is 3.66. The van der Waals surface area contributed by atoms with Crippen LogP contribution in [0.3, 0.4) is 0 Å². The van der Waals surface area contributed by atoms with Gasteiger partial charge in [0.15, 0.2) is 0 Å². The Morgan fingerprint density at radius 3 is 2.36 bits per heavy atom. The molecule has 1 saturated heterocycles. The molecule has 1 heterocycles. The van der Waals surface area contributed by atoms with Gasteiger partial charge in [0.05, 0.1) is 5.25 Å². The number of nitrogens with zero attached hydrogens (tertiary/aromatic N) is 1. The summed E-state index contributed by atoms with van der Waals surface area (Å²) in [5.74, 6) is -0.679. The van der Waals surface area contributed by atoms with Crippen molar-refractivity contribution in [2.75, 3.05) is 24.4 Å². The van der Waals surface area contributed by atoms with Crippen molar-refractivity contribution in [3.05, 3.63) is 29.8 Å². The molecule has 0 radical (unpaired) electrons. The van der Waals surface area contributed by atoms with E-state index in [1.165, 1.54) is 5.56 Å². The fraction of sp³-hybridized carbons (Fsp3) is 0.760. The summed E-state index contributed by atoms with van der Waals surface area (Å²) in [7, 11) is -3.24. The Labute approximate surface area is 203 Å². The smallest absolute Gasteiger partial charge is 0.248 e. The van der Waals surface area contributed by atoms with Crippen LogP contribution >= 0.6 is 12.4 Å². The fourth-order valence-corrected chi connectivity index (χ4v) is 8.02. The Balaban J connectivity index is 0.00000259. The van der Waals surface area contributed by atoms with Crippen LogP contribution in [0.15, 0.2) is 24.3 Å². The van der Waals surface area contributed by atoms with Gasteiger partial charge >= 0.3 is 0 Å². The Hall–Kier alpha value is -0.920. The van der Waals surface area contributed by atoms with E-state index in [0.29, 0.717) is 36.3 Å². The normalized spacial score (nSPS) is 31.6. The van der Waals surface area contributed by atoms with Crippen molar-refractivity contribution in [2.24, 2.45) is 17.8 Å². The molecule has 33 heavy (non-hydrogen) atoms. The first-order chi connectivity index (χ1) is 15.2. The van der Waals surface area contributed by atoms with Gasteiger partial charge in [-0.3, -0.25) is 4.72 Å². The zero-order valence-electron chi connectivity index (χ0n) is 19.4. The molecule has 3 atom stereocenters. The summed E-state index contributed by atoms with van der Waals surface area (Å²) in [6, 6.07) is 8.07. The van der Waals surface area contributed by atoms with Crippen molar-refractivity contribution in [1.82, 2.24) is 4.90 Å². The lowest BCUT2D eigenvalue weighted by molar-refractivity contribution is -0.0468. The average molecular weight is 503 g/mol. The van der Waals surface area contributed by atoms with Crippen molar-refractivity contribution in [1.29, 1.82) is 0 Å². The molecule has 5 rings (SSSR count). The molecule has 3 aliphatic carbocycles. The molecule has 4 fully saturated rings. The molecular weight excluding hydrogens is 466 g/mol. The number of anilines is 1. The van der Waals surface area contributed by atoms with Crippen molar-refractivity contribution >= 4 is 28.1 Å². The zero-order chi connectivity index (χ0) is 22.6. The maximum Gasteiger partial charge on any atom is 0.248 e. The first-order valence-electron chi connectivity index (χ1n) is 12.5. The van der Waals surface area contributed by atoms with Gasteiger partial charge in [-0.15, -0.1) is 12.4 Å². The van der Waals surface area contributed by atoms with E-state index < -0.39 is 15.9 Å². The number of fused-ring (bicyclic) bond motifs is 1. The molecule has 1 unspecified atom stereocenters. The number of hydrogen-bond acceptors (Lipinski definition) is 3. The number of piperidine rings is 1. The van der Waals surface area contributed by atoms with Gasteiger partial charge in [0.25, 0.3) is 0 Å². The molecule has 186 valence electrons. The lowest BCUT2D eigenvalue weighted by atomic mass is 9.84. The van der Waals surface area contributed by atoms with E-state index in [0.717, 1.165) is 51.7 Å². The molecule has 1 aliphatic heterocycles. The van der Waals surface area contributed by atoms with Crippen LogP contribution in [0.25, 0.3) is 0 Å². The first-order valence-corrected chi connectivity index (χ1v) is 14.0. The van der Waals surface area contributed by atoms with Crippen LogP contribution in [-0.2, 0) is 15.4 Å². The van der Waals surface area contributed by atoms with Crippen LogP contribution in [0.1, 0.15) is 70.3 Å². The Morgan fingerprint density at radius 1 is 1.09 bits per heavy atom. The summed E-state index contributed by atoms with van der Waals surface area (Å²) in [4.78, 5) is 2.56. The molecule has 0 amide bonds. The molecule has 1 N–H and O–H groups in total. The van der Waals surface area contributed by atoms with E-state index in [1.807, 2.05) is 12.1 Å². The number of rotatable bonds is 9.